The van der Waals surface area contributed by atoms with Crippen molar-refractivity contribution in [3.8, 4) is 0 Å². The van der Waals surface area contributed by atoms with Crippen LogP contribution < -0.4 is 10.6 Å². The van der Waals surface area contributed by atoms with E-state index in [1.165, 1.54) is 0 Å². The molecule has 0 aliphatic heterocycles. The van der Waals surface area contributed by atoms with E-state index in [-0.39, 0.29) is 29.4 Å². The van der Waals surface area contributed by atoms with E-state index < -0.39 is 5.97 Å². The van der Waals surface area contributed by atoms with Crippen molar-refractivity contribution in [3.05, 3.63) is 35.9 Å². The molecule has 5 nitrogen and oxygen atoms in total. The molecular weight excluding hydrogens is 304 g/mol. The lowest BCUT2D eigenvalue weighted by atomic mass is 9.82. The summed E-state index contributed by atoms with van der Waals surface area (Å²) >= 11 is 0. The predicted octanol–water partition coefficient (Wildman–Crippen LogP) is 3.72. The van der Waals surface area contributed by atoms with E-state index in [1.54, 1.807) is 0 Å². The SMILES string of the molecule is CC(C)(C)C(NC(=O)NC1CCC(C(=O)O)CC1)c1ccccc1. The summed E-state index contributed by atoms with van der Waals surface area (Å²) < 4.78 is 0. The summed E-state index contributed by atoms with van der Waals surface area (Å²) in [5.74, 6) is -0.993. The van der Waals surface area contributed by atoms with Crippen LogP contribution in [0.1, 0.15) is 58.1 Å². The third kappa shape index (κ3) is 4.98. The van der Waals surface area contributed by atoms with Gasteiger partial charge in [-0.25, -0.2) is 4.79 Å². The molecule has 1 aliphatic carbocycles. The van der Waals surface area contributed by atoms with Crippen molar-refractivity contribution in [2.24, 2.45) is 11.3 Å². The van der Waals surface area contributed by atoms with Gasteiger partial charge in [-0.2, -0.15) is 0 Å². The van der Waals surface area contributed by atoms with Gasteiger partial charge < -0.3 is 15.7 Å². The van der Waals surface area contributed by atoms with Crippen LogP contribution in [-0.2, 0) is 4.79 Å². The Kier molecular flexibility index (Phi) is 5.86. The fourth-order valence-electron chi connectivity index (χ4n) is 3.29. The zero-order chi connectivity index (χ0) is 17.7. The Morgan fingerprint density at radius 1 is 1.08 bits per heavy atom. The first-order chi connectivity index (χ1) is 11.3. The third-order valence-electron chi connectivity index (χ3n) is 4.69. The first kappa shape index (κ1) is 18.3. The zero-order valence-electron chi connectivity index (χ0n) is 14.7. The molecule has 0 bridgehead atoms. The molecule has 1 aromatic rings. The second-order valence-electron chi connectivity index (χ2n) is 7.71. The lowest BCUT2D eigenvalue weighted by Gasteiger charge is -2.33. The van der Waals surface area contributed by atoms with Gasteiger partial charge in [-0.1, -0.05) is 51.1 Å². The molecule has 1 aromatic carbocycles. The van der Waals surface area contributed by atoms with Gasteiger partial charge in [0, 0.05) is 6.04 Å². The first-order valence-electron chi connectivity index (χ1n) is 8.62. The minimum atomic E-state index is -0.727. The number of nitrogens with one attached hydrogen (secondary N) is 2. The lowest BCUT2D eigenvalue weighted by molar-refractivity contribution is -0.142. The average molecular weight is 332 g/mol. The largest absolute Gasteiger partial charge is 0.481 e. The highest BCUT2D eigenvalue weighted by Crippen LogP contribution is 2.32. The second kappa shape index (κ2) is 7.69. The number of hydrogen-bond acceptors (Lipinski definition) is 2. The Labute approximate surface area is 143 Å². The highest BCUT2D eigenvalue weighted by molar-refractivity contribution is 5.75. The molecule has 1 aliphatic rings. The monoisotopic (exact) mass is 332 g/mol. The summed E-state index contributed by atoms with van der Waals surface area (Å²) in [4.78, 5) is 23.4. The maximum absolute atomic E-state index is 12.4. The summed E-state index contributed by atoms with van der Waals surface area (Å²) in [7, 11) is 0. The van der Waals surface area contributed by atoms with Gasteiger partial charge in [0.2, 0.25) is 0 Å². The standard InChI is InChI=1S/C19H28N2O3/c1-19(2,3)16(13-7-5-4-6-8-13)21-18(24)20-15-11-9-14(10-12-15)17(22)23/h4-8,14-16H,9-12H2,1-3H3,(H,22,23)(H2,20,21,24). The van der Waals surface area contributed by atoms with Gasteiger partial charge in [-0.05, 0) is 36.7 Å². The quantitative estimate of drug-likeness (QED) is 0.786. The second-order valence-corrected chi connectivity index (χ2v) is 7.71. The fraction of sp³-hybridized carbons (Fsp3) is 0.579. The van der Waals surface area contributed by atoms with E-state index in [9.17, 15) is 9.59 Å². The van der Waals surface area contributed by atoms with Crippen LogP contribution in [-0.4, -0.2) is 23.1 Å². The maximum atomic E-state index is 12.4. The van der Waals surface area contributed by atoms with Crippen molar-refractivity contribution < 1.29 is 14.7 Å². The lowest BCUT2D eigenvalue weighted by Crippen LogP contribution is -2.47. The Hall–Kier alpha value is -2.04. The number of carbonyl (C=O) groups excluding carboxylic acids is 1. The molecule has 0 saturated heterocycles. The third-order valence-corrected chi connectivity index (χ3v) is 4.69. The highest BCUT2D eigenvalue weighted by Gasteiger charge is 2.30. The Bertz CT molecular complexity index is 558. The van der Waals surface area contributed by atoms with Gasteiger partial charge in [0.15, 0.2) is 0 Å². The van der Waals surface area contributed by atoms with Crippen molar-refractivity contribution in [2.75, 3.05) is 0 Å². The van der Waals surface area contributed by atoms with Crippen LogP contribution in [0.5, 0.6) is 0 Å². The van der Waals surface area contributed by atoms with Crippen LogP contribution >= 0.6 is 0 Å². The zero-order valence-corrected chi connectivity index (χ0v) is 14.7. The van der Waals surface area contributed by atoms with Crippen LogP contribution in [0, 0.1) is 11.3 Å². The van der Waals surface area contributed by atoms with E-state index in [4.69, 9.17) is 5.11 Å². The topological polar surface area (TPSA) is 78.4 Å². The molecule has 2 rings (SSSR count). The van der Waals surface area contributed by atoms with Gasteiger partial charge in [-0.3, -0.25) is 4.79 Å². The minimum Gasteiger partial charge on any atom is -0.481 e. The fourth-order valence-corrected chi connectivity index (χ4v) is 3.29. The number of aliphatic carboxylic acids is 1. The van der Waals surface area contributed by atoms with E-state index >= 15 is 0 Å². The van der Waals surface area contributed by atoms with Crippen LogP contribution in [0.2, 0.25) is 0 Å². The van der Waals surface area contributed by atoms with Gasteiger partial charge in [0.05, 0.1) is 12.0 Å². The van der Waals surface area contributed by atoms with E-state index in [2.05, 4.69) is 31.4 Å². The number of carboxylic acid groups (broad SMARTS) is 1. The molecule has 2 amide bonds. The number of urea groups is 1. The van der Waals surface area contributed by atoms with Crippen molar-refractivity contribution in [3.63, 3.8) is 0 Å². The Balaban J connectivity index is 1.93. The molecule has 1 unspecified atom stereocenters. The van der Waals surface area contributed by atoms with Crippen LogP contribution in [0.25, 0.3) is 0 Å². The van der Waals surface area contributed by atoms with Crippen LogP contribution in [0.15, 0.2) is 30.3 Å². The van der Waals surface area contributed by atoms with Crippen molar-refractivity contribution in [2.45, 2.75) is 58.5 Å². The molecule has 0 aromatic heterocycles. The summed E-state index contributed by atoms with van der Waals surface area (Å²) in [6, 6.07) is 9.73. The van der Waals surface area contributed by atoms with E-state index in [0.29, 0.717) is 12.8 Å². The molecule has 0 spiro atoms. The predicted molar refractivity (Wildman–Crippen MR) is 93.7 cm³/mol. The van der Waals surface area contributed by atoms with Gasteiger partial charge in [0.1, 0.15) is 0 Å². The number of carbonyl (C=O) groups is 2. The van der Waals surface area contributed by atoms with E-state index in [1.807, 2.05) is 30.3 Å². The highest BCUT2D eigenvalue weighted by atomic mass is 16.4. The van der Waals surface area contributed by atoms with Gasteiger partial charge in [0.25, 0.3) is 0 Å². The summed E-state index contributed by atoms with van der Waals surface area (Å²) in [6.45, 7) is 6.30. The molecule has 1 saturated carbocycles. The molecular formula is C19H28N2O3. The number of hydrogen-bond donors (Lipinski definition) is 3. The Morgan fingerprint density at radius 2 is 1.67 bits per heavy atom. The van der Waals surface area contributed by atoms with Crippen molar-refractivity contribution in [1.29, 1.82) is 0 Å². The number of carboxylic acids is 1. The first-order valence-corrected chi connectivity index (χ1v) is 8.62. The molecule has 5 heteroatoms. The normalized spacial score (nSPS) is 22.5. The average Bonchev–Trinajstić information content (AvgIpc) is 2.53. The molecule has 0 heterocycles. The summed E-state index contributed by atoms with van der Waals surface area (Å²) in [6.07, 6.45) is 2.69. The summed E-state index contributed by atoms with van der Waals surface area (Å²) in [5.41, 5.74) is 0.967. The van der Waals surface area contributed by atoms with Gasteiger partial charge in [-0.15, -0.1) is 0 Å². The summed E-state index contributed by atoms with van der Waals surface area (Å²) in [5, 5.41) is 15.1. The number of rotatable bonds is 4. The molecule has 1 atom stereocenters. The van der Waals surface area contributed by atoms with Crippen LogP contribution in [0.4, 0.5) is 4.79 Å². The van der Waals surface area contributed by atoms with Crippen LogP contribution in [0.3, 0.4) is 0 Å². The molecule has 132 valence electrons. The molecule has 0 radical (unpaired) electrons. The van der Waals surface area contributed by atoms with Crippen molar-refractivity contribution >= 4 is 12.0 Å². The maximum Gasteiger partial charge on any atom is 0.315 e. The molecule has 24 heavy (non-hydrogen) atoms. The molecule has 3 N–H and O–H groups in total. The number of amides is 2. The smallest absolute Gasteiger partial charge is 0.315 e. The Morgan fingerprint density at radius 3 is 2.17 bits per heavy atom. The molecule has 1 fully saturated rings. The minimum absolute atomic E-state index is 0.0528. The van der Waals surface area contributed by atoms with Crippen molar-refractivity contribution in [1.82, 2.24) is 10.6 Å². The van der Waals surface area contributed by atoms with E-state index in [0.717, 1.165) is 18.4 Å². The van der Waals surface area contributed by atoms with Gasteiger partial charge >= 0.3 is 12.0 Å². The number of benzene rings is 1.